The zero-order chi connectivity index (χ0) is 22.8. The number of halogens is 3. The van der Waals surface area contributed by atoms with E-state index in [0.29, 0.717) is 55.1 Å². The predicted octanol–water partition coefficient (Wildman–Crippen LogP) is 3.52. The van der Waals surface area contributed by atoms with Crippen LogP contribution in [0.5, 0.6) is 0 Å². The molecule has 1 fully saturated rings. The quantitative estimate of drug-likeness (QED) is 0.577. The van der Waals surface area contributed by atoms with Gasteiger partial charge in [0.15, 0.2) is 11.6 Å². The summed E-state index contributed by atoms with van der Waals surface area (Å²) in [7, 11) is 0. The van der Waals surface area contributed by atoms with Gasteiger partial charge in [0.25, 0.3) is 0 Å². The number of rotatable bonds is 4. The van der Waals surface area contributed by atoms with Gasteiger partial charge in [0.05, 0.1) is 30.1 Å². The van der Waals surface area contributed by atoms with Gasteiger partial charge in [-0.25, -0.2) is 28.7 Å². The fourth-order valence-corrected chi connectivity index (χ4v) is 4.10. The highest BCUT2D eigenvalue weighted by molar-refractivity contribution is 6.31. The maximum absolute atomic E-state index is 14.4. The lowest BCUT2D eigenvalue weighted by atomic mass is 10.2. The molecule has 0 atom stereocenters. The highest BCUT2D eigenvalue weighted by Crippen LogP contribution is 2.31. The maximum atomic E-state index is 14.4. The zero-order valence-electron chi connectivity index (χ0n) is 17.8. The lowest BCUT2D eigenvalue weighted by Gasteiger charge is -2.26. The summed E-state index contributed by atoms with van der Waals surface area (Å²) in [6, 6.07) is 2.11. The molecule has 3 aromatic rings. The highest BCUT2D eigenvalue weighted by atomic mass is 35.5. The van der Waals surface area contributed by atoms with E-state index in [1.165, 1.54) is 0 Å². The minimum atomic E-state index is -0.654. The van der Waals surface area contributed by atoms with Crippen molar-refractivity contribution in [2.45, 2.75) is 13.0 Å². The molecule has 2 aromatic heterocycles. The van der Waals surface area contributed by atoms with Crippen molar-refractivity contribution in [2.24, 2.45) is 0 Å². The molecule has 0 amide bonds. The molecule has 0 aliphatic carbocycles. The summed E-state index contributed by atoms with van der Waals surface area (Å²) < 4.78 is 33.8. The summed E-state index contributed by atoms with van der Waals surface area (Å²) >= 11 is 6.07. The van der Waals surface area contributed by atoms with Gasteiger partial charge in [-0.1, -0.05) is 11.6 Å². The number of morpholine rings is 1. The molecule has 1 saturated heterocycles. The Morgan fingerprint density at radius 3 is 2.55 bits per heavy atom. The van der Waals surface area contributed by atoms with Crippen LogP contribution in [0.25, 0.3) is 11.3 Å². The molecular formula is C22H22ClF2N7O. The van der Waals surface area contributed by atoms with Gasteiger partial charge in [0.2, 0.25) is 5.95 Å². The molecule has 4 heterocycles. The molecule has 1 N–H and O–H groups in total. The van der Waals surface area contributed by atoms with Crippen LogP contribution in [0.2, 0.25) is 5.02 Å². The van der Waals surface area contributed by atoms with E-state index in [0.717, 1.165) is 31.6 Å². The molecule has 2 aliphatic heterocycles. The Kier molecular flexibility index (Phi) is 6.19. The van der Waals surface area contributed by atoms with Crippen LogP contribution in [0, 0.1) is 11.6 Å². The van der Waals surface area contributed by atoms with Crippen LogP contribution in [-0.4, -0.2) is 59.3 Å². The molecule has 0 bridgehead atoms. The summed E-state index contributed by atoms with van der Waals surface area (Å²) in [4.78, 5) is 22.2. The minimum absolute atomic E-state index is 0.0711. The van der Waals surface area contributed by atoms with E-state index in [1.807, 2.05) is 4.90 Å². The minimum Gasteiger partial charge on any atom is -0.378 e. The van der Waals surface area contributed by atoms with Gasteiger partial charge in [-0.15, -0.1) is 0 Å². The average molecular weight is 474 g/mol. The fraction of sp³-hybridized carbons (Fsp3) is 0.364. The van der Waals surface area contributed by atoms with Crippen molar-refractivity contribution in [1.82, 2.24) is 19.9 Å². The Bertz CT molecular complexity index is 1140. The Morgan fingerprint density at radius 2 is 1.76 bits per heavy atom. The molecule has 1 aromatic carbocycles. The Balaban J connectivity index is 1.45. The molecule has 2 aliphatic rings. The summed E-state index contributed by atoms with van der Waals surface area (Å²) in [6.07, 6.45) is 5.86. The number of anilines is 3. The van der Waals surface area contributed by atoms with Crippen molar-refractivity contribution >= 4 is 29.2 Å². The van der Waals surface area contributed by atoms with Gasteiger partial charge >= 0.3 is 0 Å². The summed E-state index contributed by atoms with van der Waals surface area (Å²) in [5, 5.41) is 3.03. The Labute approximate surface area is 194 Å². The first-order chi connectivity index (χ1) is 16.1. The number of ether oxygens (including phenoxy) is 1. The number of aromatic nitrogens is 4. The number of fused-ring (bicyclic) bond motifs is 1. The number of nitrogens with one attached hydrogen (secondary N) is 1. The predicted molar refractivity (Wildman–Crippen MR) is 122 cm³/mol. The molecule has 0 radical (unpaired) electrons. The van der Waals surface area contributed by atoms with Gasteiger partial charge in [0.1, 0.15) is 11.6 Å². The van der Waals surface area contributed by atoms with Crippen molar-refractivity contribution in [1.29, 1.82) is 0 Å². The van der Waals surface area contributed by atoms with Gasteiger partial charge in [-0.3, -0.25) is 0 Å². The molecule has 0 saturated carbocycles. The SMILES string of the molecule is Fc1ccc(F)c(CN2CCCNc3ncc(-c4cnc(N5CCOCC5)nc4)nc32)c1Cl. The Hall–Kier alpha value is -3.11. The number of hydrogen-bond donors (Lipinski definition) is 1. The number of benzene rings is 1. The van der Waals surface area contributed by atoms with Crippen LogP contribution >= 0.6 is 11.6 Å². The first-order valence-electron chi connectivity index (χ1n) is 10.7. The number of nitrogens with zero attached hydrogens (tertiary/aromatic N) is 6. The van der Waals surface area contributed by atoms with Gasteiger partial charge < -0.3 is 19.9 Å². The van der Waals surface area contributed by atoms with E-state index in [4.69, 9.17) is 21.3 Å². The van der Waals surface area contributed by atoms with E-state index in [1.54, 1.807) is 18.6 Å². The van der Waals surface area contributed by atoms with Crippen molar-refractivity contribution in [2.75, 3.05) is 54.5 Å². The maximum Gasteiger partial charge on any atom is 0.225 e. The van der Waals surface area contributed by atoms with E-state index in [-0.39, 0.29) is 17.1 Å². The van der Waals surface area contributed by atoms with Crippen molar-refractivity contribution in [3.63, 3.8) is 0 Å². The highest BCUT2D eigenvalue weighted by Gasteiger charge is 2.23. The number of hydrogen-bond acceptors (Lipinski definition) is 8. The van der Waals surface area contributed by atoms with Crippen LogP contribution < -0.4 is 15.1 Å². The molecular weight excluding hydrogens is 452 g/mol. The average Bonchev–Trinajstić information content (AvgIpc) is 3.06. The first kappa shape index (κ1) is 21.7. The second-order valence-corrected chi connectivity index (χ2v) is 8.20. The van der Waals surface area contributed by atoms with E-state index < -0.39 is 11.6 Å². The third-order valence-corrected chi connectivity index (χ3v) is 6.08. The van der Waals surface area contributed by atoms with Crippen LogP contribution in [0.3, 0.4) is 0 Å². The lowest BCUT2D eigenvalue weighted by molar-refractivity contribution is 0.122. The van der Waals surface area contributed by atoms with Gasteiger partial charge in [0, 0.05) is 56.2 Å². The Morgan fingerprint density at radius 1 is 1.00 bits per heavy atom. The third kappa shape index (κ3) is 4.53. The summed E-state index contributed by atoms with van der Waals surface area (Å²) in [6.45, 7) is 4.14. The van der Waals surface area contributed by atoms with Crippen LogP contribution in [0.15, 0.2) is 30.7 Å². The van der Waals surface area contributed by atoms with Gasteiger partial charge in [-0.2, -0.15) is 0 Å². The smallest absolute Gasteiger partial charge is 0.225 e. The second-order valence-electron chi connectivity index (χ2n) is 7.82. The van der Waals surface area contributed by atoms with E-state index >= 15 is 0 Å². The molecule has 0 unspecified atom stereocenters. The summed E-state index contributed by atoms with van der Waals surface area (Å²) in [5.74, 6) is 0.552. The van der Waals surface area contributed by atoms with Crippen molar-refractivity contribution in [3.8, 4) is 11.3 Å². The first-order valence-corrected chi connectivity index (χ1v) is 11.1. The van der Waals surface area contributed by atoms with Gasteiger partial charge in [-0.05, 0) is 18.6 Å². The summed E-state index contributed by atoms with van der Waals surface area (Å²) in [5.41, 5.74) is 1.39. The zero-order valence-corrected chi connectivity index (χ0v) is 18.5. The molecule has 33 heavy (non-hydrogen) atoms. The lowest BCUT2D eigenvalue weighted by Crippen LogP contribution is -2.37. The van der Waals surface area contributed by atoms with Crippen LogP contribution in [0.1, 0.15) is 12.0 Å². The molecule has 0 spiro atoms. The molecule has 172 valence electrons. The third-order valence-electron chi connectivity index (χ3n) is 5.67. The largest absolute Gasteiger partial charge is 0.378 e. The standard InChI is InChI=1S/C22H22ClF2N7O/c23-19-15(16(24)2-3-17(19)25)13-32-5-1-4-26-20-21(32)30-18(12-27-20)14-10-28-22(29-11-14)31-6-8-33-9-7-31/h2-3,10-12H,1,4-9,13H2,(H,26,27). The van der Waals surface area contributed by atoms with Crippen LogP contribution in [0.4, 0.5) is 26.4 Å². The molecule has 11 heteroatoms. The van der Waals surface area contributed by atoms with Crippen molar-refractivity contribution in [3.05, 3.63) is 52.9 Å². The topological polar surface area (TPSA) is 79.3 Å². The molecule has 8 nitrogen and oxygen atoms in total. The molecule has 5 rings (SSSR count). The van der Waals surface area contributed by atoms with Crippen LogP contribution in [-0.2, 0) is 11.3 Å². The fourth-order valence-electron chi connectivity index (χ4n) is 3.89. The normalized spacial score (nSPS) is 16.2. The van der Waals surface area contributed by atoms with Crippen molar-refractivity contribution < 1.29 is 13.5 Å². The van der Waals surface area contributed by atoms with E-state index in [9.17, 15) is 8.78 Å². The monoisotopic (exact) mass is 473 g/mol. The van der Waals surface area contributed by atoms with E-state index in [2.05, 4.69) is 25.2 Å². The second kappa shape index (κ2) is 9.40.